The van der Waals surface area contributed by atoms with Gasteiger partial charge >= 0.3 is 0 Å². The summed E-state index contributed by atoms with van der Waals surface area (Å²) in [5.74, 6) is 0.297. The maximum atomic E-state index is 9.35. The van der Waals surface area contributed by atoms with Crippen LogP contribution < -0.4 is 0 Å². The van der Waals surface area contributed by atoms with Crippen LogP contribution in [0.1, 0.15) is 17.2 Å². The Balaban J connectivity index is 1.66. The Bertz CT molecular complexity index is 539. The molecule has 0 radical (unpaired) electrons. The molecule has 3 rings (SSSR count). The molecular weight excluding hydrogens is 250 g/mol. The molecule has 0 aliphatic carbocycles. The number of benzene rings is 2. The summed E-state index contributed by atoms with van der Waals surface area (Å²) in [6.07, 6.45) is 0.0908. The predicted molar refractivity (Wildman–Crippen MR) is 78.5 cm³/mol. The highest BCUT2D eigenvalue weighted by Gasteiger charge is 2.21. The third kappa shape index (κ3) is 3.18. The van der Waals surface area contributed by atoms with Crippen molar-refractivity contribution in [3.05, 3.63) is 65.7 Å². The third-order valence-electron chi connectivity index (χ3n) is 3.66. The standard InChI is InChI=1S/C17H19NO2/c19-16-8-6-15(7-9-16)17-13-18(10-11-20-17)12-14-4-2-1-3-5-14/h1-9,17,19H,10-13H2/t17-/m1/s1. The quantitative estimate of drug-likeness (QED) is 0.930. The average molecular weight is 269 g/mol. The van der Waals surface area contributed by atoms with Gasteiger partial charge in [0.2, 0.25) is 0 Å². The van der Waals surface area contributed by atoms with E-state index in [-0.39, 0.29) is 6.10 Å². The van der Waals surface area contributed by atoms with E-state index in [0.29, 0.717) is 5.75 Å². The summed E-state index contributed by atoms with van der Waals surface area (Å²) in [7, 11) is 0. The molecule has 0 spiro atoms. The average Bonchev–Trinajstić information content (AvgIpc) is 2.49. The molecular formula is C17H19NO2. The van der Waals surface area contributed by atoms with Gasteiger partial charge in [-0.25, -0.2) is 0 Å². The second-order valence-electron chi connectivity index (χ2n) is 5.17. The van der Waals surface area contributed by atoms with E-state index < -0.39 is 0 Å². The molecule has 3 nitrogen and oxygen atoms in total. The molecule has 104 valence electrons. The van der Waals surface area contributed by atoms with Gasteiger partial charge in [0.1, 0.15) is 5.75 Å². The second kappa shape index (κ2) is 6.07. The zero-order valence-electron chi connectivity index (χ0n) is 11.4. The monoisotopic (exact) mass is 269 g/mol. The Morgan fingerprint density at radius 3 is 2.55 bits per heavy atom. The first-order valence-corrected chi connectivity index (χ1v) is 6.98. The number of rotatable bonds is 3. The Morgan fingerprint density at radius 2 is 1.80 bits per heavy atom. The zero-order chi connectivity index (χ0) is 13.8. The molecule has 0 amide bonds. The van der Waals surface area contributed by atoms with Gasteiger partial charge in [0.15, 0.2) is 0 Å². The fourth-order valence-corrected chi connectivity index (χ4v) is 2.58. The molecule has 0 bridgehead atoms. The van der Waals surface area contributed by atoms with Gasteiger partial charge in [-0.1, -0.05) is 42.5 Å². The first-order chi connectivity index (χ1) is 9.81. The van der Waals surface area contributed by atoms with Crippen molar-refractivity contribution >= 4 is 0 Å². The fraction of sp³-hybridized carbons (Fsp3) is 0.294. The maximum Gasteiger partial charge on any atom is 0.115 e. The molecule has 0 saturated carbocycles. The number of hydrogen-bond acceptors (Lipinski definition) is 3. The number of aromatic hydroxyl groups is 1. The summed E-state index contributed by atoms with van der Waals surface area (Å²) in [5, 5.41) is 9.35. The van der Waals surface area contributed by atoms with Crippen molar-refractivity contribution in [2.45, 2.75) is 12.6 Å². The second-order valence-corrected chi connectivity index (χ2v) is 5.17. The molecule has 2 aromatic carbocycles. The lowest BCUT2D eigenvalue weighted by molar-refractivity contribution is -0.0329. The van der Waals surface area contributed by atoms with Gasteiger partial charge in [0.25, 0.3) is 0 Å². The van der Waals surface area contributed by atoms with Crippen LogP contribution in [0.4, 0.5) is 0 Å². The Labute approximate surface area is 119 Å². The minimum Gasteiger partial charge on any atom is -0.508 e. The fourth-order valence-electron chi connectivity index (χ4n) is 2.58. The van der Waals surface area contributed by atoms with Crippen LogP contribution in [0.2, 0.25) is 0 Å². The molecule has 0 unspecified atom stereocenters. The smallest absolute Gasteiger partial charge is 0.115 e. The van der Waals surface area contributed by atoms with Gasteiger partial charge in [0.05, 0.1) is 12.7 Å². The van der Waals surface area contributed by atoms with Gasteiger partial charge in [0, 0.05) is 19.6 Å². The lowest BCUT2D eigenvalue weighted by atomic mass is 10.1. The van der Waals surface area contributed by atoms with E-state index in [0.717, 1.165) is 31.8 Å². The van der Waals surface area contributed by atoms with Crippen LogP contribution in [0, 0.1) is 0 Å². The molecule has 1 aliphatic rings. The minimum absolute atomic E-state index is 0.0908. The van der Waals surface area contributed by atoms with Gasteiger partial charge in [-0.3, -0.25) is 4.90 Å². The van der Waals surface area contributed by atoms with Crippen LogP contribution >= 0.6 is 0 Å². The molecule has 20 heavy (non-hydrogen) atoms. The van der Waals surface area contributed by atoms with Gasteiger partial charge in [-0.2, -0.15) is 0 Å². The molecule has 1 N–H and O–H groups in total. The number of phenolic OH excluding ortho intramolecular Hbond substituents is 1. The summed E-state index contributed by atoms with van der Waals surface area (Å²) < 4.78 is 5.85. The SMILES string of the molecule is Oc1ccc([C@H]2CN(Cc3ccccc3)CCO2)cc1. The molecule has 3 heteroatoms. The summed E-state index contributed by atoms with van der Waals surface area (Å²) in [4.78, 5) is 2.41. The van der Waals surface area contributed by atoms with Crippen LogP contribution in [0.3, 0.4) is 0 Å². The van der Waals surface area contributed by atoms with Crippen molar-refractivity contribution in [3.8, 4) is 5.75 Å². The molecule has 1 heterocycles. The van der Waals surface area contributed by atoms with E-state index in [2.05, 4.69) is 29.2 Å². The third-order valence-corrected chi connectivity index (χ3v) is 3.66. The highest BCUT2D eigenvalue weighted by molar-refractivity contribution is 5.27. The number of nitrogens with zero attached hydrogens (tertiary/aromatic N) is 1. The number of ether oxygens (including phenoxy) is 1. The summed E-state index contributed by atoms with van der Waals surface area (Å²) in [6.45, 7) is 3.56. The van der Waals surface area contributed by atoms with E-state index in [1.165, 1.54) is 5.56 Å². The van der Waals surface area contributed by atoms with Crippen LogP contribution in [0.15, 0.2) is 54.6 Å². The van der Waals surface area contributed by atoms with Gasteiger partial charge in [-0.05, 0) is 23.3 Å². The Morgan fingerprint density at radius 1 is 1.05 bits per heavy atom. The van der Waals surface area contributed by atoms with E-state index in [1.807, 2.05) is 18.2 Å². The highest BCUT2D eigenvalue weighted by Crippen LogP contribution is 2.24. The topological polar surface area (TPSA) is 32.7 Å². The number of hydrogen-bond donors (Lipinski definition) is 1. The number of phenols is 1. The van der Waals surface area contributed by atoms with Crippen molar-refractivity contribution in [1.82, 2.24) is 4.90 Å². The van der Waals surface area contributed by atoms with Crippen LogP contribution in [0.5, 0.6) is 5.75 Å². The lowest BCUT2D eigenvalue weighted by Crippen LogP contribution is -2.37. The first kappa shape index (κ1) is 13.2. The first-order valence-electron chi connectivity index (χ1n) is 6.98. The Kier molecular flexibility index (Phi) is 4.00. The van der Waals surface area contributed by atoms with Crippen LogP contribution in [-0.4, -0.2) is 29.7 Å². The van der Waals surface area contributed by atoms with Crippen LogP contribution in [0.25, 0.3) is 0 Å². The molecule has 0 aromatic heterocycles. The summed E-state index contributed by atoms with van der Waals surface area (Å²) in [5.41, 5.74) is 2.46. The van der Waals surface area contributed by atoms with Crippen LogP contribution in [-0.2, 0) is 11.3 Å². The largest absolute Gasteiger partial charge is 0.508 e. The minimum atomic E-state index is 0.0908. The molecule has 1 atom stereocenters. The van der Waals surface area contributed by atoms with E-state index in [4.69, 9.17) is 4.74 Å². The zero-order valence-corrected chi connectivity index (χ0v) is 11.4. The molecule has 1 aliphatic heterocycles. The van der Waals surface area contributed by atoms with Crippen molar-refractivity contribution in [3.63, 3.8) is 0 Å². The van der Waals surface area contributed by atoms with Crippen molar-refractivity contribution in [1.29, 1.82) is 0 Å². The normalized spacial score (nSPS) is 19.9. The van der Waals surface area contributed by atoms with Crippen molar-refractivity contribution in [2.75, 3.05) is 19.7 Å². The highest BCUT2D eigenvalue weighted by atomic mass is 16.5. The molecule has 1 saturated heterocycles. The molecule has 1 fully saturated rings. The van der Waals surface area contributed by atoms with Gasteiger partial charge in [-0.15, -0.1) is 0 Å². The van der Waals surface area contributed by atoms with E-state index in [1.54, 1.807) is 12.1 Å². The maximum absolute atomic E-state index is 9.35. The molecule has 2 aromatic rings. The Hall–Kier alpha value is -1.84. The number of morpholine rings is 1. The summed E-state index contributed by atoms with van der Waals surface area (Å²) >= 11 is 0. The van der Waals surface area contributed by atoms with E-state index >= 15 is 0 Å². The van der Waals surface area contributed by atoms with E-state index in [9.17, 15) is 5.11 Å². The summed E-state index contributed by atoms with van der Waals surface area (Å²) in [6, 6.07) is 17.8. The predicted octanol–water partition coefficient (Wildman–Crippen LogP) is 2.97. The lowest BCUT2D eigenvalue weighted by Gasteiger charge is -2.33. The van der Waals surface area contributed by atoms with Gasteiger partial charge < -0.3 is 9.84 Å². The van der Waals surface area contributed by atoms with Crippen molar-refractivity contribution < 1.29 is 9.84 Å². The van der Waals surface area contributed by atoms with Crippen molar-refractivity contribution in [2.24, 2.45) is 0 Å².